The summed E-state index contributed by atoms with van der Waals surface area (Å²) < 4.78 is 5.40. The maximum absolute atomic E-state index is 12.3. The van der Waals surface area contributed by atoms with E-state index in [0.29, 0.717) is 25.2 Å². The Labute approximate surface area is 175 Å². The van der Waals surface area contributed by atoms with Crippen molar-refractivity contribution in [1.29, 1.82) is 0 Å². The average Bonchev–Trinajstić information content (AvgIpc) is 2.77. The minimum Gasteiger partial charge on any atom is -0.478 e. The maximum atomic E-state index is 12.3. The third-order valence-electron chi connectivity index (χ3n) is 5.30. The van der Waals surface area contributed by atoms with E-state index < -0.39 is 5.97 Å². The molecule has 1 aliphatic rings. The van der Waals surface area contributed by atoms with Crippen molar-refractivity contribution in [1.82, 2.24) is 10.2 Å². The van der Waals surface area contributed by atoms with Crippen LogP contribution in [-0.2, 0) is 11.3 Å². The zero-order chi connectivity index (χ0) is 21.5. The number of carboxylic acid groups (broad SMARTS) is 1. The van der Waals surface area contributed by atoms with Gasteiger partial charge in [-0.15, -0.1) is 0 Å². The Balaban J connectivity index is 1.38. The van der Waals surface area contributed by atoms with Crippen molar-refractivity contribution >= 4 is 18.0 Å². The summed E-state index contributed by atoms with van der Waals surface area (Å²) >= 11 is 0. The van der Waals surface area contributed by atoms with Gasteiger partial charge in [-0.25, -0.2) is 9.59 Å². The van der Waals surface area contributed by atoms with Crippen molar-refractivity contribution < 1.29 is 24.2 Å². The fraction of sp³-hybridized carbons (Fsp3) is 0.348. The van der Waals surface area contributed by atoms with Gasteiger partial charge in [-0.2, -0.15) is 0 Å². The third-order valence-corrected chi connectivity index (χ3v) is 5.30. The van der Waals surface area contributed by atoms with E-state index in [1.165, 1.54) is 24.3 Å². The molecule has 0 aliphatic carbocycles. The highest BCUT2D eigenvalue weighted by atomic mass is 16.6. The molecule has 0 radical (unpaired) electrons. The van der Waals surface area contributed by atoms with Crippen LogP contribution >= 0.6 is 0 Å². The van der Waals surface area contributed by atoms with E-state index in [1.807, 2.05) is 31.2 Å². The standard InChI is InChI=1S/C23H26N2O5/c1-16-2-4-18(5-3-16)15-30-23(29)25-12-10-17(11-13-25)14-24-21(26)19-6-8-20(9-7-19)22(27)28/h2-9,17H,10-15H2,1H3,(H,24,26)(H,27,28). The van der Waals surface area contributed by atoms with Crippen LogP contribution in [0, 0.1) is 12.8 Å². The molecule has 1 saturated heterocycles. The quantitative estimate of drug-likeness (QED) is 0.760. The van der Waals surface area contributed by atoms with Crippen LogP contribution in [0.4, 0.5) is 4.79 Å². The van der Waals surface area contributed by atoms with Crippen LogP contribution in [-0.4, -0.2) is 47.6 Å². The van der Waals surface area contributed by atoms with Crippen LogP contribution in [0.1, 0.15) is 44.7 Å². The Morgan fingerprint density at radius 1 is 1.00 bits per heavy atom. The zero-order valence-electron chi connectivity index (χ0n) is 17.0. The molecular weight excluding hydrogens is 384 g/mol. The Morgan fingerprint density at radius 2 is 1.60 bits per heavy atom. The number of hydrogen-bond donors (Lipinski definition) is 2. The monoisotopic (exact) mass is 410 g/mol. The number of hydrogen-bond acceptors (Lipinski definition) is 4. The summed E-state index contributed by atoms with van der Waals surface area (Å²) in [6, 6.07) is 13.7. The number of likely N-dealkylation sites (tertiary alicyclic amines) is 1. The lowest BCUT2D eigenvalue weighted by Crippen LogP contribution is -2.41. The molecule has 2 aromatic carbocycles. The van der Waals surface area contributed by atoms with E-state index in [9.17, 15) is 14.4 Å². The Kier molecular flexibility index (Phi) is 7.06. The van der Waals surface area contributed by atoms with Crippen molar-refractivity contribution in [2.24, 2.45) is 5.92 Å². The largest absolute Gasteiger partial charge is 0.478 e. The Morgan fingerprint density at radius 3 is 2.20 bits per heavy atom. The number of rotatable bonds is 6. The fourth-order valence-electron chi connectivity index (χ4n) is 3.34. The number of carboxylic acids is 1. The van der Waals surface area contributed by atoms with Gasteiger partial charge < -0.3 is 20.1 Å². The van der Waals surface area contributed by atoms with Crippen LogP contribution in [0.2, 0.25) is 0 Å². The molecule has 1 fully saturated rings. The Bertz CT molecular complexity index is 885. The molecule has 2 amide bonds. The van der Waals surface area contributed by atoms with E-state index in [4.69, 9.17) is 9.84 Å². The van der Waals surface area contributed by atoms with Crippen LogP contribution in [0.25, 0.3) is 0 Å². The summed E-state index contributed by atoms with van der Waals surface area (Å²) in [5, 5.41) is 11.8. The first-order valence-corrected chi connectivity index (χ1v) is 10.0. The number of benzene rings is 2. The summed E-state index contributed by atoms with van der Waals surface area (Å²) in [6.45, 7) is 3.99. The van der Waals surface area contributed by atoms with Gasteiger partial charge in [0.25, 0.3) is 5.91 Å². The van der Waals surface area contributed by atoms with Crippen molar-refractivity contribution in [3.8, 4) is 0 Å². The molecule has 0 unspecified atom stereocenters. The number of aromatic carboxylic acids is 1. The minimum absolute atomic E-state index is 0.146. The van der Waals surface area contributed by atoms with Gasteiger partial charge in [0.15, 0.2) is 0 Å². The molecule has 2 aromatic rings. The second kappa shape index (κ2) is 9.91. The van der Waals surface area contributed by atoms with Crippen LogP contribution in [0.15, 0.2) is 48.5 Å². The molecule has 0 bridgehead atoms. The molecule has 7 nitrogen and oxygen atoms in total. The van der Waals surface area contributed by atoms with E-state index in [2.05, 4.69) is 5.32 Å². The van der Waals surface area contributed by atoms with Gasteiger partial charge in [-0.1, -0.05) is 29.8 Å². The first-order valence-electron chi connectivity index (χ1n) is 10.0. The third kappa shape index (κ3) is 5.83. The van der Waals surface area contributed by atoms with Gasteiger partial charge in [-0.3, -0.25) is 4.79 Å². The van der Waals surface area contributed by atoms with Crippen molar-refractivity contribution in [2.45, 2.75) is 26.4 Å². The number of nitrogens with zero attached hydrogens (tertiary/aromatic N) is 1. The molecule has 0 aromatic heterocycles. The summed E-state index contributed by atoms with van der Waals surface area (Å²) in [5.41, 5.74) is 2.70. The molecule has 3 rings (SSSR count). The maximum Gasteiger partial charge on any atom is 0.410 e. The first-order chi connectivity index (χ1) is 14.4. The summed E-state index contributed by atoms with van der Waals surface area (Å²) in [5.74, 6) is -0.966. The van der Waals surface area contributed by atoms with Gasteiger partial charge in [-0.05, 0) is 55.5 Å². The molecule has 30 heavy (non-hydrogen) atoms. The normalized spacial score (nSPS) is 14.2. The van der Waals surface area contributed by atoms with Gasteiger partial charge in [0.1, 0.15) is 6.61 Å². The Hall–Kier alpha value is -3.35. The molecule has 1 heterocycles. The number of amides is 2. The highest BCUT2D eigenvalue weighted by Gasteiger charge is 2.24. The van der Waals surface area contributed by atoms with Crippen LogP contribution in [0.5, 0.6) is 0 Å². The predicted octanol–water partition coefficient (Wildman–Crippen LogP) is 3.47. The molecular formula is C23H26N2O5. The minimum atomic E-state index is -1.02. The van der Waals surface area contributed by atoms with Gasteiger partial charge >= 0.3 is 12.1 Å². The van der Waals surface area contributed by atoms with Gasteiger partial charge in [0.05, 0.1) is 5.56 Å². The predicted molar refractivity (Wildman–Crippen MR) is 111 cm³/mol. The SMILES string of the molecule is Cc1ccc(COC(=O)N2CCC(CNC(=O)c3ccc(C(=O)O)cc3)CC2)cc1. The second-order valence-electron chi connectivity index (χ2n) is 7.56. The highest BCUT2D eigenvalue weighted by Crippen LogP contribution is 2.18. The van der Waals surface area contributed by atoms with E-state index in [-0.39, 0.29) is 30.1 Å². The number of piperidine rings is 1. The van der Waals surface area contributed by atoms with E-state index in [0.717, 1.165) is 24.0 Å². The topological polar surface area (TPSA) is 95.9 Å². The molecule has 2 N–H and O–H groups in total. The number of nitrogens with one attached hydrogen (secondary N) is 1. The van der Waals surface area contributed by atoms with Crippen LogP contribution in [0.3, 0.4) is 0 Å². The van der Waals surface area contributed by atoms with Crippen molar-refractivity contribution in [3.63, 3.8) is 0 Å². The first kappa shape index (κ1) is 21.4. The smallest absolute Gasteiger partial charge is 0.410 e. The van der Waals surface area contributed by atoms with Gasteiger partial charge in [0.2, 0.25) is 0 Å². The van der Waals surface area contributed by atoms with Crippen molar-refractivity contribution in [2.75, 3.05) is 19.6 Å². The molecule has 158 valence electrons. The molecule has 7 heteroatoms. The number of carbonyl (C=O) groups is 3. The summed E-state index contributed by atoms with van der Waals surface area (Å²) in [6.07, 6.45) is 1.27. The fourth-order valence-corrected chi connectivity index (χ4v) is 3.34. The number of ether oxygens (including phenoxy) is 1. The van der Waals surface area contributed by atoms with Gasteiger partial charge in [0, 0.05) is 25.2 Å². The summed E-state index contributed by atoms with van der Waals surface area (Å²) in [4.78, 5) is 37.1. The molecule has 1 aliphatic heterocycles. The van der Waals surface area contributed by atoms with Crippen LogP contribution < -0.4 is 5.32 Å². The lowest BCUT2D eigenvalue weighted by atomic mass is 9.97. The summed E-state index contributed by atoms with van der Waals surface area (Å²) in [7, 11) is 0. The second-order valence-corrected chi connectivity index (χ2v) is 7.56. The lowest BCUT2D eigenvalue weighted by molar-refractivity contribution is 0.0696. The average molecular weight is 410 g/mol. The lowest BCUT2D eigenvalue weighted by Gasteiger charge is -2.31. The van der Waals surface area contributed by atoms with E-state index in [1.54, 1.807) is 4.90 Å². The molecule has 0 atom stereocenters. The number of carbonyl (C=O) groups excluding carboxylic acids is 2. The molecule has 0 spiro atoms. The highest BCUT2D eigenvalue weighted by molar-refractivity contribution is 5.95. The molecule has 0 saturated carbocycles. The number of aryl methyl sites for hydroxylation is 1. The van der Waals surface area contributed by atoms with Crippen molar-refractivity contribution in [3.05, 3.63) is 70.8 Å². The van der Waals surface area contributed by atoms with E-state index >= 15 is 0 Å². The zero-order valence-corrected chi connectivity index (χ0v) is 17.0.